The number of hydrogen-bond acceptors (Lipinski definition) is 5. The SMILES string of the molecule is COC(=O)CCCCC(C)=O.COc1cccc2c(=O)c12. The Morgan fingerprint density at radius 3 is 2.29 bits per heavy atom. The minimum absolute atomic E-state index is 0.127. The zero-order valence-corrected chi connectivity index (χ0v) is 12.6. The van der Waals surface area contributed by atoms with Crippen molar-refractivity contribution in [2.45, 2.75) is 32.6 Å². The number of ether oxygens (including phenoxy) is 2. The molecule has 2 rings (SSSR count). The Bertz CT molecular complexity index is 619. The monoisotopic (exact) mass is 292 g/mol. The van der Waals surface area contributed by atoms with Crippen LogP contribution in [-0.4, -0.2) is 26.0 Å². The van der Waals surface area contributed by atoms with Crippen molar-refractivity contribution in [1.29, 1.82) is 0 Å². The van der Waals surface area contributed by atoms with Gasteiger partial charge in [-0.05, 0) is 25.8 Å². The minimum Gasteiger partial charge on any atom is -0.496 e. The Hall–Kier alpha value is -2.17. The van der Waals surface area contributed by atoms with Gasteiger partial charge in [-0.15, -0.1) is 0 Å². The molecule has 0 aliphatic heterocycles. The number of hydrogen-bond donors (Lipinski definition) is 0. The molecule has 0 saturated heterocycles. The molecule has 5 nitrogen and oxygen atoms in total. The third-order valence-corrected chi connectivity index (χ3v) is 3.04. The van der Waals surface area contributed by atoms with Crippen LogP contribution in [0.3, 0.4) is 0 Å². The summed E-state index contributed by atoms with van der Waals surface area (Å²) in [6, 6.07) is 5.42. The lowest BCUT2D eigenvalue weighted by Crippen LogP contribution is -2.00. The van der Waals surface area contributed by atoms with Crippen molar-refractivity contribution in [2.75, 3.05) is 14.2 Å². The summed E-state index contributed by atoms with van der Waals surface area (Å²) in [6.07, 6.45) is 2.51. The molecule has 0 unspecified atom stereocenters. The molecule has 0 radical (unpaired) electrons. The molecule has 0 aromatic heterocycles. The number of carbonyl (C=O) groups is 2. The van der Waals surface area contributed by atoms with Gasteiger partial charge >= 0.3 is 5.97 Å². The van der Waals surface area contributed by atoms with Gasteiger partial charge in [-0.3, -0.25) is 9.59 Å². The molecule has 0 fully saturated rings. The molecule has 0 bridgehead atoms. The van der Waals surface area contributed by atoms with Gasteiger partial charge in [-0.2, -0.15) is 0 Å². The summed E-state index contributed by atoms with van der Waals surface area (Å²) in [5.74, 6) is 0.672. The highest BCUT2D eigenvalue weighted by molar-refractivity contribution is 6.02. The summed E-state index contributed by atoms with van der Waals surface area (Å²) in [5.41, 5.74) is 0.127. The number of benzene rings is 1. The van der Waals surface area contributed by atoms with Gasteiger partial charge in [0, 0.05) is 18.2 Å². The molecule has 0 aliphatic carbocycles. The average Bonchev–Trinajstić information content (AvgIpc) is 3.15. The van der Waals surface area contributed by atoms with E-state index in [0.717, 1.165) is 23.6 Å². The number of esters is 1. The van der Waals surface area contributed by atoms with Gasteiger partial charge < -0.3 is 14.3 Å². The Balaban J connectivity index is 0.000000210. The van der Waals surface area contributed by atoms with Crippen LogP contribution in [0.4, 0.5) is 0 Å². The van der Waals surface area contributed by atoms with Crippen LogP contribution >= 0.6 is 0 Å². The Kier molecular flexibility index (Phi) is 6.59. The lowest BCUT2D eigenvalue weighted by atomic mass is 10.1. The van der Waals surface area contributed by atoms with E-state index in [0.29, 0.717) is 18.6 Å². The molecular formula is C16H20O5. The second-order valence-corrected chi connectivity index (χ2v) is 4.70. The second kappa shape index (κ2) is 8.19. The normalized spacial score (nSPS) is 10.0. The zero-order valence-electron chi connectivity index (χ0n) is 12.6. The van der Waals surface area contributed by atoms with Crippen LogP contribution in [0, 0.1) is 0 Å². The summed E-state index contributed by atoms with van der Waals surface area (Å²) in [4.78, 5) is 31.8. The summed E-state index contributed by atoms with van der Waals surface area (Å²) < 4.78 is 9.38. The maximum atomic E-state index is 10.8. The first-order chi connectivity index (χ1) is 10.0. The zero-order chi connectivity index (χ0) is 15.8. The molecule has 114 valence electrons. The Labute approximate surface area is 123 Å². The largest absolute Gasteiger partial charge is 0.496 e. The van der Waals surface area contributed by atoms with E-state index in [4.69, 9.17) is 4.74 Å². The van der Waals surface area contributed by atoms with Crippen molar-refractivity contribution in [1.82, 2.24) is 0 Å². The van der Waals surface area contributed by atoms with E-state index in [2.05, 4.69) is 4.74 Å². The number of carbonyl (C=O) groups excluding carboxylic acids is 2. The molecule has 21 heavy (non-hydrogen) atoms. The topological polar surface area (TPSA) is 69.7 Å². The van der Waals surface area contributed by atoms with Crippen LogP contribution in [0.25, 0.3) is 10.8 Å². The predicted molar refractivity (Wildman–Crippen MR) is 80.3 cm³/mol. The minimum atomic E-state index is -0.200. The molecule has 0 heterocycles. The Morgan fingerprint density at radius 1 is 1.10 bits per heavy atom. The second-order valence-electron chi connectivity index (χ2n) is 4.70. The van der Waals surface area contributed by atoms with Gasteiger partial charge in [0.05, 0.1) is 19.6 Å². The molecule has 5 heteroatoms. The number of unbranched alkanes of at least 4 members (excludes halogenated alkanes) is 1. The third kappa shape index (κ3) is 5.38. The van der Waals surface area contributed by atoms with E-state index in [1.807, 2.05) is 6.07 Å². The quantitative estimate of drug-likeness (QED) is 0.604. The van der Waals surface area contributed by atoms with E-state index < -0.39 is 0 Å². The van der Waals surface area contributed by atoms with E-state index in [1.54, 1.807) is 26.2 Å². The fraction of sp³-hybridized carbons (Fsp3) is 0.438. The first kappa shape index (κ1) is 16.9. The van der Waals surface area contributed by atoms with E-state index in [9.17, 15) is 14.4 Å². The summed E-state index contributed by atoms with van der Waals surface area (Å²) in [7, 11) is 2.94. The van der Waals surface area contributed by atoms with Crippen molar-refractivity contribution >= 4 is 22.5 Å². The molecular weight excluding hydrogens is 272 g/mol. The van der Waals surface area contributed by atoms with Crippen LogP contribution in [0.15, 0.2) is 23.0 Å². The summed E-state index contributed by atoms with van der Waals surface area (Å²) in [6.45, 7) is 1.55. The molecule has 0 N–H and O–H groups in total. The first-order valence-corrected chi connectivity index (χ1v) is 6.79. The van der Waals surface area contributed by atoms with Crippen LogP contribution in [0.1, 0.15) is 32.6 Å². The molecule has 2 aromatic carbocycles. The fourth-order valence-electron chi connectivity index (χ4n) is 1.82. The summed E-state index contributed by atoms with van der Waals surface area (Å²) in [5, 5.41) is 1.56. The van der Waals surface area contributed by atoms with Crippen LogP contribution in [0.5, 0.6) is 5.75 Å². The standard InChI is InChI=1S/C8H14O3.C8H6O2/c1-7(9)5-3-4-6-8(10)11-2;1-10-6-4-2-3-5-7(6)8(5)9/h3-6H2,1-2H3;2-4H,1H3. The molecule has 0 amide bonds. The molecule has 2 aromatic rings. The number of methoxy groups -OCH3 is 2. The van der Waals surface area contributed by atoms with Gasteiger partial charge in [-0.25, -0.2) is 0 Å². The molecule has 0 saturated carbocycles. The molecule has 0 aliphatic rings. The van der Waals surface area contributed by atoms with Crippen molar-refractivity contribution < 1.29 is 19.1 Å². The first-order valence-electron chi connectivity index (χ1n) is 6.79. The lowest BCUT2D eigenvalue weighted by Gasteiger charge is -1.97. The highest BCUT2D eigenvalue weighted by atomic mass is 16.5. The van der Waals surface area contributed by atoms with Gasteiger partial charge in [0.1, 0.15) is 11.5 Å². The van der Waals surface area contributed by atoms with Gasteiger partial charge in [-0.1, -0.05) is 12.1 Å². The van der Waals surface area contributed by atoms with Crippen LogP contribution < -0.4 is 10.2 Å². The van der Waals surface area contributed by atoms with Crippen molar-refractivity contribution in [3.8, 4) is 5.75 Å². The van der Waals surface area contributed by atoms with Crippen LogP contribution in [-0.2, 0) is 14.3 Å². The van der Waals surface area contributed by atoms with Crippen molar-refractivity contribution in [2.24, 2.45) is 0 Å². The van der Waals surface area contributed by atoms with E-state index in [1.165, 1.54) is 7.11 Å². The van der Waals surface area contributed by atoms with Crippen molar-refractivity contribution in [3.63, 3.8) is 0 Å². The maximum absolute atomic E-state index is 10.8. The number of rotatable bonds is 6. The summed E-state index contributed by atoms with van der Waals surface area (Å²) >= 11 is 0. The predicted octanol–water partition coefficient (Wildman–Crippen LogP) is 2.39. The maximum Gasteiger partial charge on any atom is 0.305 e. The highest BCUT2D eigenvalue weighted by Gasteiger charge is 2.15. The third-order valence-electron chi connectivity index (χ3n) is 3.04. The van der Waals surface area contributed by atoms with E-state index >= 15 is 0 Å². The van der Waals surface area contributed by atoms with Crippen molar-refractivity contribution in [3.05, 3.63) is 28.4 Å². The molecule has 0 spiro atoms. The lowest BCUT2D eigenvalue weighted by molar-refractivity contribution is -0.140. The molecule has 0 atom stereocenters. The smallest absolute Gasteiger partial charge is 0.305 e. The van der Waals surface area contributed by atoms with Crippen LogP contribution in [0.2, 0.25) is 0 Å². The van der Waals surface area contributed by atoms with E-state index in [-0.39, 0.29) is 17.2 Å². The number of ketones is 1. The van der Waals surface area contributed by atoms with Gasteiger partial charge in [0.25, 0.3) is 0 Å². The van der Waals surface area contributed by atoms with Gasteiger partial charge in [0.15, 0.2) is 5.43 Å². The van der Waals surface area contributed by atoms with Gasteiger partial charge in [0.2, 0.25) is 0 Å². The Morgan fingerprint density at radius 2 is 1.76 bits per heavy atom. The fourth-order valence-corrected chi connectivity index (χ4v) is 1.82. The average molecular weight is 292 g/mol. The number of fused-ring (bicyclic) bond motifs is 1. The number of Topliss-reactive ketones (excluding diaryl/α,β-unsaturated/α-hetero) is 1. The highest BCUT2D eigenvalue weighted by Crippen LogP contribution is 2.25.